The molecule has 0 amide bonds. The van der Waals surface area contributed by atoms with Crippen LogP contribution < -0.4 is 10.1 Å². The van der Waals surface area contributed by atoms with Gasteiger partial charge in [-0.1, -0.05) is 53.3 Å². The van der Waals surface area contributed by atoms with Crippen molar-refractivity contribution < 1.29 is 4.74 Å². The molecule has 0 radical (unpaired) electrons. The number of hydrogen-bond donors (Lipinski definition) is 1. The summed E-state index contributed by atoms with van der Waals surface area (Å²) < 4.78 is 5.72. The fourth-order valence-electron chi connectivity index (χ4n) is 1.93. The first-order chi connectivity index (χ1) is 10.5. The summed E-state index contributed by atoms with van der Waals surface area (Å²) in [6.45, 7) is 3.10. The van der Waals surface area contributed by atoms with Crippen molar-refractivity contribution in [1.29, 1.82) is 0 Å². The molecule has 0 aliphatic heterocycles. The van der Waals surface area contributed by atoms with Gasteiger partial charge in [0.1, 0.15) is 5.75 Å². The molecule has 0 aliphatic rings. The lowest BCUT2D eigenvalue weighted by atomic mass is 10.2. The lowest BCUT2D eigenvalue weighted by Crippen LogP contribution is -2.05. The van der Waals surface area contributed by atoms with Gasteiger partial charge in [-0.2, -0.15) is 0 Å². The number of nitrogens with one attached hydrogen (secondary N) is 1. The first-order valence-corrected chi connectivity index (χ1v) is 8.32. The number of ether oxygens (including phenoxy) is 1. The average molecular weight is 379 g/mol. The molecule has 2 aromatic rings. The molecule has 2 aromatic carbocycles. The Hall–Kier alpha value is -0.800. The van der Waals surface area contributed by atoms with E-state index in [-0.39, 0.29) is 0 Å². The maximum absolute atomic E-state index is 6.22. The van der Waals surface area contributed by atoms with Crippen molar-refractivity contribution in [2.45, 2.75) is 19.9 Å². The van der Waals surface area contributed by atoms with E-state index in [9.17, 15) is 0 Å². The molecule has 0 heterocycles. The van der Waals surface area contributed by atoms with Crippen molar-refractivity contribution >= 4 is 52.1 Å². The van der Waals surface area contributed by atoms with Crippen molar-refractivity contribution in [3.63, 3.8) is 0 Å². The van der Waals surface area contributed by atoms with Gasteiger partial charge in [0.15, 0.2) is 0 Å². The van der Waals surface area contributed by atoms with Crippen LogP contribution in [0.25, 0.3) is 0 Å². The second-order valence-corrected chi connectivity index (χ2v) is 6.39. The monoisotopic (exact) mass is 377 g/mol. The molecule has 0 saturated heterocycles. The van der Waals surface area contributed by atoms with Crippen LogP contribution in [-0.4, -0.2) is 6.61 Å². The summed E-state index contributed by atoms with van der Waals surface area (Å²) >= 11 is 24.4. The van der Waals surface area contributed by atoms with Crippen molar-refractivity contribution in [2.24, 2.45) is 0 Å². The number of anilines is 1. The van der Waals surface area contributed by atoms with Crippen molar-refractivity contribution in [3.8, 4) is 5.75 Å². The Bertz CT molecular complexity index is 661. The van der Waals surface area contributed by atoms with E-state index in [1.807, 2.05) is 13.0 Å². The minimum absolute atomic E-state index is 0.472. The Balaban J connectivity index is 2.22. The summed E-state index contributed by atoms with van der Waals surface area (Å²) in [6.07, 6.45) is 0.895. The van der Waals surface area contributed by atoms with Gasteiger partial charge in [-0.15, -0.1) is 0 Å². The van der Waals surface area contributed by atoms with E-state index in [4.69, 9.17) is 51.1 Å². The topological polar surface area (TPSA) is 21.3 Å². The van der Waals surface area contributed by atoms with Gasteiger partial charge in [0.25, 0.3) is 0 Å². The zero-order chi connectivity index (χ0) is 16.1. The Kier molecular flexibility index (Phi) is 6.51. The van der Waals surface area contributed by atoms with E-state index in [0.29, 0.717) is 39.0 Å². The third-order valence-corrected chi connectivity index (χ3v) is 4.00. The summed E-state index contributed by atoms with van der Waals surface area (Å²) in [4.78, 5) is 0. The van der Waals surface area contributed by atoms with Crippen LogP contribution in [0, 0.1) is 0 Å². The summed E-state index contributed by atoms with van der Waals surface area (Å²) in [7, 11) is 0. The molecule has 0 fully saturated rings. The first-order valence-electron chi connectivity index (χ1n) is 6.81. The van der Waals surface area contributed by atoms with Crippen LogP contribution >= 0.6 is 46.4 Å². The van der Waals surface area contributed by atoms with Crippen LogP contribution in [0.5, 0.6) is 5.75 Å². The van der Waals surface area contributed by atoms with E-state index in [2.05, 4.69) is 5.32 Å². The van der Waals surface area contributed by atoms with Gasteiger partial charge in [-0.3, -0.25) is 0 Å². The summed E-state index contributed by atoms with van der Waals surface area (Å²) in [5.74, 6) is 0.638. The molecule has 1 N–H and O–H groups in total. The van der Waals surface area contributed by atoms with E-state index >= 15 is 0 Å². The smallest absolute Gasteiger partial charge is 0.142 e. The van der Waals surface area contributed by atoms with Crippen molar-refractivity contribution in [1.82, 2.24) is 0 Å². The fourth-order valence-corrected chi connectivity index (χ4v) is 2.88. The second-order valence-electron chi connectivity index (χ2n) is 4.70. The minimum atomic E-state index is 0.472. The highest BCUT2D eigenvalue weighted by Crippen LogP contribution is 2.34. The van der Waals surface area contributed by atoms with E-state index in [0.717, 1.165) is 17.7 Å². The summed E-state index contributed by atoms with van der Waals surface area (Å²) in [5.41, 5.74) is 1.61. The van der Waals surface area contributed by atoms with Gasteiger partial charge in [0.05, 0.1) is 22.3 Å². The molecule has 0 saturated carbocycles. The standard InChI is InChI=1S/C16H15Cl4NO/c1-2-5-22-16-10(6-12(18)7-14(16)20)9-21-15-8-11(17)3-4-13(15)19/h3-4,6-8,21H,2,5,9H2,1H3. The zero-order valence-electron chi connectivity index (χ0n) is 11.9. The van der Waals surface area contributed by atoms with Crippen LogP contribution in [0.1, 0.15) is 18.9 Å². The quantitative estimate of drug-likeness (QED) is 0.603. The van der Waals surface area contributed by atoms with Gasteiger partial charge >= 0.3 is 0 Å². The molecule has 0 atom stereocenters. The van der Waals surface area contributed by atoms with Crippen LogP contribution in [0.4, 0.5) is 5.69 Å². The molecular formula is C16H15Cl4NO. The van der Waals surface area contributed by atoms with E-state index in [1.165, 1.54) is 0 Å². The first kappa shape index (κ1) is 17.6. The summed E-state index contributed by atoms with van der Waals surface area (Å²) in [5, 5.41) is 5.48. The van der Waals surface area contributed by atoms with Crippen LogP contribution in [-0.2, 0) is 6.54 Å². The Morgan fingerprint density at radius 3 is 2.45 bits per heavy atom. The molecule has 118 valence electrons. The van der Waals surface area contributed by atoms with Gasteiger partial charge in [-0.25, -0.2) is 0 Å². The van der Waals surface area contributed by atoms with Gasteiger partial charge in [0, 0.05) is 22.2 Å². The molecule has 6 heteroatoms. The lowest BCUT2D eigenvalue weighted by Gasteiger charge is -2.15. The molecular weight excluding hydrogens is 364 g/mol. The normalized spacial score (nSPS) is 10.6. The van der Waals surface area contributed by atoms with Gasteiger partial charge in [-0.05, 0) is 36.8 Å². The fraction of sp³-hybridized carbons (Fsp3) is 0.250. The SMILES string of the molecule is CCCOc1c(Cl)cc(Cl)cc1CNc1cc(Cl)ccc1Cl. The molecule has 0 unspecified atom stereocenters. The van der Waals surface area contributed by atoms with Crippen LogP contribution in [0.2, 0.25) is 20.1 Å². The molecule has 22 heavy (non-hydrogen) atoms. The largest absolute Gasteiger partial charge is 0.492 e. The molecule has 0 spiro atoms. The highest BCUT2D eigenvalue weighted by Gasteiger charge is 2.11. The Morgan fingerprint density at radius 2 is 1.73 bits per heavy atom. The molecule has 0 bridgehead atoms. The minimum Gasteiger partial charge on any atom is -0.492 e. The Morgan fingerprint density at radius 1 is 0.955 bits per heavy atom. The van der Waals surface area contributed by atoms with E-state index in [1.54, 1.807) is 24.3 Å². The third kappa shape index (κ3) is 4.60. The maximum atomic E-state index is 6.22. The molecule has 2 rings (SSSR count). The highest BCUT2D eigenvalue weighted by atomic mass is 35.5. The molecule has 0 aromatic heterocycles. The van der Waals surface area contributed by atoms with E-state index < -0.39 is 0 Å². The van der Waals surface area contributed by atoms with Crippen LogP contribution in [0.15, 0.2) is 30.3 Å². The highest BCUT2D eigenvalue weighted by molar-refractivity contribution is 6.36. The number of halogens is 4. The zero-order valence-corrected chi connectivity index (χ0v) is 15.0. The van der Waals surface area contributed by atoms with Crippen molar-refractivity contribution in [3.05, 3.63) is 56.0 Å². The maximum Gasteiger partial charge on any atom is 0.142 e. The average Bonchev–Trinajstić information content (AvgIpc) is 2.47. The predicted molar refractivity (Wildman–Crippen MR) is 96.0 cm³/mol. The lowest BCUT2D eigenvalue weighted by molar-refractivity contribution is 0.314. The molecule has 0 aliphatic carbocycles. The van der Waals surface area contributed by atoms with Gasteiger partial charge in [0.2, 0.25) is 0 Å². The number of benzene rings is 2. The van der Waals surface area contributed by atoms with Crippen molar-refractivity contribution in [2.75, 3.05) is 11.9 Å². The van der Waals surface area contributed by atoms with Crippen LogP contribution in [0.3, 0.4) is 0 Å². The third-order valence-electron chi connectivity index (χ3n) is 2.93. The molecule has 2 nitrogen and oxygen atoms in total. The number of hydrogen-bond acceptors (Lipinski definition) is 2. The Labute approximate surface area is 150 Å². The predicted octanol–water partition coefficient (Wildman–Crippen LogP) is 6.70. The second kappa shape index (κ2) is 8.16. The number of rotatable bonds is 6. The van der Waals surface area contributed by atoms with Gasteiger partial charge < -0.3 is 10.1 Å². The summed E-state index contributed by atoms with van der Waals surface area (Å²) in [6, 6.07) is 8.74.